The SMILES string of the molecule is O=CN1CCCC(C2CCCc3c2c2ccccc2n3CCOCc2ccccc2)C1. The van der Waals surface area contributed by atoms with Gasteiger partial charge < -0.3 is 14.2 Å². The van der Waals surface area contributed by atoms with Crippen LogP contribution >= 0.6 is 0 Å². The summed E-state index contributed by atoms with van der Waals surface area (Å²) in [5.74, 6) is 1.13. The molecule has 1 saturated heterocycles. The largest absolute Gasteiger partial charge is 0.375 e. The first-order valence-electron chi connectivity index (χ1n) is 11.8. The topological polar surface area (TPSA) is 34.5 Å². The van der Waals surface area contributed by atoms with Crippen molar-refractivity contribution in [2.75, 3.05) is 19.7 Å². The number of rotatable bonds is 7. The Morgan fingerprint density at radius 3 is 2.71 bits per heavy atom. The Morgan fingerprint density at radius 2 is 1.84 bits per heavy atom. The minimum Gasteiger partial charge on any atom is -0.375 e. The number of aromatic nitrogens is 1. The lowest BCUT2D eigenvalue weighted by atomic mass is 9.74. The monoisotopic (exact) mass is 416 g/mol. The van der Waals surface area contributed by atoms with Crippen LogP contribution in [0.25, 0.3) is 10.9 Å². The summed E-state index contributed by atoms with van der Waals surface area (Å²) in [6, 6.07) is 19.3. The van der Waals surface area contributed by atoms with Crippen LogP contribution in [-0.4, -0.2) is 35.6 Å². The molecule has 1 aliphatic heterocycles. The van der Waals surface area contributed by atoms with Gasteiger partial charge in [0.1, 0.15) is 0 Å². The number of hydrogen-bond acceptors (Lipinski definition) is 2. The number of piperidine rings is 1. The highest BCUT2D eigenvalue weighted by molar-refractivity contribution is 5.86. The van der Waals surface area contributed by atoms with Crippen molar-refractivity contribution in [3.05, 3.63) is 71.4 Å². The first-order chi connectivity index (χ1) is 15.3. The maximum atomic E-state index is 11.4. The predicted octanol–water partition coefficient (Wildman–Crippen LogP) is 5.15. The fraction of sp³-hybridized carbons (Fsp3) is 0.444. The highest BCUT2D eigenvalue weighted by Gasteiger charge is 2.34. The van der Waals surface area contributed by atoms with Gasteiger partial charge in [-0.05, 0) is 61.1 Å². The predicted molar refractivity (Wildman–Crippen MR) is 124 cm³/mol. The number of carbonyl (C=O) groups is 1. The minimum absolute atomic E-state index is 0.558. The standard InChI is InChI=1S/C27H32N2O2/c30-20-28-15-7-10-22(18-28)23-12-6-14-26-27(23)24-11-4-5-13-25(24)29(26)16-17-31-19-21-8-2-1-3-9-21/h1-5,8-9,11,13,20,22-23H,6-7,10,12,14-19H2. The molecule has 5 rings (SSSR count). The zero-order chi connectivity index (χ0) is 21.0. The van der Waals surface area contributed by atoms with Crippen LogP contribution in [-0.2, 0) is 29.1 Å². The summed E-state index contributed by atoms with van der Waals surface area (Å²) in [4.78, 5) is 13.4. The molecule has 1 aromatic heterocycles. The molecule has 0 N–H and O–H groups in total. The van der Waals surface area contributed by atoms with Crippen molar-refractivity contribution in [2.45, 2.75) is 51.2 Å². The summed E-state index contributed by atoms with van der Waals surface area (Å²) >= 11 is 0. The van der Waals surface area contributed by atoms with Gasteiger partial charge in [-0.2, -0.15) is 0 Å². The van der Waals surface area contributed by atoms with E-state index in [1.54, 1.807) is 5.56 Å². The van der Waals surface area contributed by atoms with Crippen molar-refractivity contribution >= 4 is 17.3 Å². The number of nitrogens with zero attached hydrogens (tertiary/aromatic N) is 2. The second kappa shape index (κ2) is 9.27. The number of ether oxygens (including phenoxy) is 1. The first-order valence-corrected chi connectivity index (χ1v) is 11.8. The second-order valence-electron chi connectivity index (χ2n) is 9.07. The van der Waals surface area contributed by atoms with Crippen LogP contribution in [0.5, 0.6) is 0 Å². The van der Waals surface area contributed by atoms with Gasteiger partial charge in [0.2, 0.25) is 6.41 Å². The number of fused-ring (bicyclic) bond motifs is 3. The zero-order valence-corrected chi connectivity index (χ0v) is 18.2. The normalized spacial score (nSPS) is 21.2. The van der Waals surface area contributed by atoms with E-state index in [1.807, 2.05) is 11.0 Å². The Bertz CT molecular complexity index is 1030. The molecule has 1 fully saturated rings. The van der Waals surface area contributed by atoms with Gasteiger partial charge in [-0.3, -0.25) is 4.79 Å². The summed E-state index contributed by atoms with van der Waals surface area (Å²) in [5, 5.41) is 1.41. The lowest BCUT2D eigenvalue weighted by Crippen LogP contribution is -2.37. The third-order valence-electron chi connectivity index (χ3n) is 7.20. The van der Waals surface area contributed by atoms with Crippen molar-refractivity contribution in [3.8, 4) is 0 Å². The molecule has 0 radical (unpaired) electrons. The van der Waals surface area contributed by atoms with E-state index in [2.05, 4.69) is 53.1 Å². The third-order valence-corrected chi connectivity index (χ3v) is 7.20. The fourth-order valence-electron chi connectivity index (χ4n) is 5.81. The van der Waals surface area contributed by atoms with Gasteiger partial charge in [-0.25, -0.2) is 0 Å². The fourth-order valence-corrected chi connectivity index (χ4v) is 5.81. The molecule has 0 saturated carbocycles. The Morgan fingerprint density at radius 1 is 1.00 bits per heavy atom. The lowest BCUT2D eigenvalue weighted by molar-refractivity contribution is -0.119. The van der Waals surface area contributed by atoms with Crippen LogP contribution in [0.4, 0.5) is 0 Å². The van der Waals surface area contributed by atoms with Gasteiger partial charge in [0, 0.05) is 36.2 Å². The highest BCUT2D eigenvalue weighted by atomic mass is 16.5. The molecule has 162 valence electrons. The van der Waals surface area contributed by atoms with Crippen molar-refractivity contribution in [1.82, 2.24) is 9.47 Å². The van der Waals surface area contributed by atoms with Crippen LogP contribution in [0, 0.1) is 5.92 Å². The average molecular weight is 417 g/mol. The maximum absolute atomic E-state index is 11.4. The molecule has 3 aromatic rings. The number of likely N-dealkylation sites (tertiary alicyclic amines) is 1. The molecule has 4 nitrogen and oxygen atoms in total. The van der Waals surface area contributed by atoms with Gasteiger partial charge in [-0.15, -0.1) is 0 Å². The Balaban J connectivity index is 1.39. The van der Waals surface area contributed by atoms with E-state index in [-0.39, 0.29) is 0 Å². The lowest BCUT2D eigenvalue weighted by Gasteiger charge is -2.37. The summed E-state index contributed by atoms with van der Waals surface area (Å²) in [5.41, 5.74) is 5.62. The van der Waals surface area contributed by atoms with Crippen LogP contribution in [0.2, 0.25) is 0 Å². The van der Waals surface area contributed by atoms with Gasteiger partial charge in [0.25, 0.3) is 0 Å². The molecule has 2 aromatic carbocycles. The molecule has 2 unspecified atom stereocenters. The van der Waals surface area contributed by atoms with Gasteiger partial charge in [0.05, 0.1) is 13.2 Å². The van der Waals surface area contributed by atoms with E-state index >= 15 is 0 Å². The summed E-state index contributed by atoms with van der Waals surface area (Å²) < 4.78 is 8.55. The van der Waals surface area contributed by atoms with E-state index in [4.69, 9.17) is 4.74 Å². The van der Waals surface area contributed by atoms with Crippen molar-refractivity contribution in [1.29, 1.82) is 0 Å². The third kappa shape index (κ3) is 4.14. The van der Waals surface area contributed by atoms with Gasteiger partial charge >= 0.3 is 0 Å². The molecule has 0 bridgehead atoms. The van der Waals surface area contributed by atoms with Crippen molar-refractivity contribution < 1.29 is 9.53 Å². The number of para-hydroxylation sites is 1. The molecule has 4 heteroatoms. The number of hydrogen-bond donors (Lipinski definition) is 0. The van der Waals surface area contributed by atoms with Crippen LogP contribution in [0.15, 0.2) is 54.6 Å². The van der Waals surface area contributed by atoms with E-state index in [9.17, 15) is 4.79 Å². The number of amides is 1. The zero-order valence-electron chi connectivity index (χ0n) is 18.2. The molecular weight excluding hydrogens is 384 g/mol. The Hall–Kier alpha value is -2.59. The molecule has 2 atom stereocenters. The van der Waals surface area contributed by atoms with Crippen LogP contribution < -0.4 is 0 Å². The molecule has 2 aliphatic rings. The summed E-state index contributed by atoms with van der Waals surface area (Å²) in [6.45, 7) is 4.09. The first kappa shape index (κ1) is 20.3. The molecular formula is C27H32N2O2. The Labute approximate surface area is 184 Å². The Kier molecular flexibility index (Phi) is 6.08. The molecule has 0 spiro atoms. The smallest absolute Gasteiger partial charge is 0.209 e. The number of carbonyl (C=O) groups excluding carboxylic acids is 1. The van der Waals surface area contributed by atoms with E-state index in [0.29, 0.717) is 25.0 Å². The van der Waals surface area contributed by atoms with E-state index in [0.717, 1.165) is 38.9 Å². The summed E-state index contributed by atoms with van der Waals surface area (Å²) in [6.07, 6.45) is 7.02. The van der Waals surface area contributed by atoms with Crippen molar-refractivity contribution in [2.24, 2.45) is 5.92 Å². The van der Waals surface area contributed by atoms with E-state index < -0.39 is 0 Å². The molecule has 1 amide bonds. The van der Waals surface area contributed by atoms with Crippen LogP contribution in [0.1, 0.15) is 48.4 Å². The summed E-state index contributed by atoms with van der Waals surface area (Å²) in [7, 11) is 0. The highest BCUT2D eigenvalue weighted by Crippen LogP contribution is 2.45. The van der Waals surface area contributed by atoms with E-state index in [1.165, 1.54) is 41.4 Å². The molecule has 1 aliphatic carbocycles. The van der Waals surface area contributed by atoms with Crippen LogP contribution in [0.3, 0.4) is 0 Å². The minimum atomic E-state index is 0.558. The quantitative estimate of drug-likeness (QED) is 0.394. The van der Waals surface area contributed by atoms with Gasteiger partial charge in [-0.1, -0.05) is 48.5 Å². The number of benzene rings is 2. The molecule has 31 heavy (non-hydrogen) atoms. The van der Waals surface area contributed by atoms with Crippen molar-refractivity contribution in [3.63, 3.8) is 0 Å². The molecule has 2 heterocycles. The second-order valence-corrected chi connectivity index (χ2v) is 9.07. The maximum Gasteiger partial charge on any atom is 0.209 e. The van der Waals surface area contributed by atoms with Gasteiger partial charge in [0.15, 0.2) is 0 Å². The average Bonchev–Trinajstić information content (AvgIpc) is 3.16.